The minimum Gasteiger partial charge on any atom is -0.507 e. The molecule has 0 aliphatic heterocycles. The number of carboxylic acids is 1. The predicted octanol–water partition coefficient (Wildman–Crippen LogP) is 3.34. The number of aliphatic carboxylic acids is 1. The third-order valence-corrected chi connectivity index (χ3v) is 6.84. The highest BCUT2D eigenvalue weighted by Crippen LogP contribution is 2.45. The summed E-state index contributed by atoms with van der Waals surface area (Å²) in [6, 6.07) is 8.12. The van der Waals surface area contributed by atoms with Crippen LogP contribution in [0, 0.1) is 0 Å². The normalized spacial score (nSPS) is 12.4. The largest absolute Gasteiger partial charge is 0.507 e. The molecule has 0 amide bonds. The molecule has 3 aromatic rings. The van der Waals surface area contributed by atoms with E-state index in [0.717, 1.165) is 23.9 Å². The lowest BCUT2D eigenvalue weighted by atomic mass is 10.1. The maximum atomic E-state index is 11.9. The molecule has 0 fully saturated rings. The molecule has 0 spiro atoms. The van der Waals surface area contributed by atoms with Gasteiger partial charge in [0, 0.05) is 11.0 Å². The highest BCUT2D eigenvalue weighted by atomic mass is 32.2. The summed E-state index contributed by atoms with van der Waals surface area (Å²) in [5, 5.41) is 36.1. The summed E-state index contributed by atoms with van der Waals surface area (Å²) in [5.74, 6) is -2.89. The van der Waals surface area contributed by atoms with Gasteiger partial charge in [-0.3, -0.25) is 13.9 Å². The zero-order valence-electron chi connectivity index (χ0n) is 16.1. The Morgan fingerprint density at radius 3 is 2.09 bits per heavy atom. The molecule has 0 saturated carbocycles. The minimum absolute atomic E-state index is 0.160. The van der Waals surface area contributed by atoms with Crippen LogP contribution in [-0.4, -0.2) is 53.0 Å². The smallest absolute Gasteiger partial charge is 0.313 e. The summed E-state index contributed by atoms with van der Waals surface area (Å²) in [7, 11) is -9.78. The molecule has 0 aliphatic rings. The average molecular weight is 515 g/mol. The Balaban J connectivity index is 2.13. The first-order chi connectivity index (χ1) is 15.3. The van der Waals surface area contributed by atoms with Gasteiger partial charge in [0.15, 0.2) is 5.75 Å². The Hall–Kier alpha value is -3.24. The van der Waals surface area contributed by atoms with Gasteiger partial charge in [-0.05, 0) is 41.8 Å². The van der Waals surface area contributed by atoms with Crippen molar-refractivity contribution in [3.63, 3.8) is 0 Å². The number of phenolic OH excluding ortho intramolecular Hbond substituents is 2. The van der Waals surface area contributed by atoms with Crippen molar-refractivity contribution < 1.29 is 46.1 Å². The van der Waals surface area contributed by atoms with Crippen LogP contribution < -0.4 is 0 Å². The first kappa shape index (κ1) is 24.4. The Labute approximate surface area is 190 Å². The van der Waals surface area contributed by atoms with Gasteiger partial charge in [-0.2, -0.15) is 21.9 Å². The summed E-state index contributed by atoms with van der Waals surface area (Å²) in [5.41, 5.74) is -0.550. The van der Waals surface area contributed by atoms with Gasteiger partial charge in [0.25, 0.3) is 20.2 Å². The molecule has 174 valence electrons. The van der Waals surface area contributed by atoms with Crippen LogP contribution in [0.2, 0.25) is 0 Å². The molecule has 15 heteroatoms. The summed E-state index contributed by atoms with van der Waals surface area (Å²) < 4.78 is 65.2. The molecule has 12 nitrogen and oxygen atoms in total. The highest BCUT2D eigenvalue weighted by Gasteiger charge is 2.25. The molecule has 0 radical (unpaired) electrons. The number of phenols is 2. The molecule has 0 aliphatic carbocycles. The van der Waals surface area contributed by atoms with Gasteiger partial charge in [0.1, 0.15) is 16.3 Å². The van der Waals surface area contributed by atoms with E-state index < -0.39 is 58.6 Å². The fourth-order valence-electron chi connectivity index (χ4n) is 2.74. The van der Waals surface area contributed by atoms with E-state index in [4.69, 9.17) is 5.11 Å². The average Bonchev–Trinajstić information content (AvgIpc) is 2.70. The maximum absolute atomic E-state index is 11.9. The fraction of sp³-hybridized carbons (Fsp3) is 0.0556. The molecule has 3 rings (SSSR count). The van der Waals surface area contributed by atoms with Crippen LogP contribution in [0.3, 0.4) is 0 Å². The zero-order chi connectivity index (χ0) is 24.6. The number of fused-ring (bicyclic) bond motifs is 1. The molecule has 0 saturated heterocycles. The molecule has 0 atom stereocenters. The number of nitrogens with zero attached hydrogens (tertiary/aromatic N) is 2. The SMILES string of the molecule is O=C(O)CSc1ccc(N=Nc2c(S(=O)(=O)O)cc3cc(S(=O)(=O)O)cc(O)c3c2O)cc1. The minimum atomic E-state index is -5.00. The van der Waals surface area contributed by atoms with Crippen LogP contribution in [0.25, 0.3) is 10.8 Å². The highest BCUT2D eigenvalue weighted by molar-refractivity contribution is 8.00. The van der Waals surface area contributed by atoms with Crippen molar-refractivity contribution in [2.45, 2.75) is 14.7 Å². The van der Waals surface area contributed by atoms with Crippen molar-refractivity contribution in [1.29, 1.82) is 0 Å². The van der Waals surface area contributed by atoms with E-state index in [0.29, 0.717) is 11.0 Å². The number of azo groups is 1. The molecule has 33 heavy (non-hydrogen) atoms. The second-order valence-corrected chi connectivity index (χ2v) is 10.3. The number of aromatic hydroxyl groups is 2. The second-order valence-electron chi connectivity index (χ2n) is 6.44. The molecule has 3 aromatic carbocycles. The number of rotatable bonds is 7. The molecule has 0 unspecified atom stereocenters. The van der Waals surface area contributed by atoms with Crippen LogP contribution in [0.15, 0.2) is 67.4 Å². The number of carbonyl (C=O) groups is 1. The third kappa shape index (κ3) is 5.58. The first-order valence-electron chi connectivity index (χ1n) is 8.61. The number of benzene rings is 3. The van der Waals surface area contributed by atoms with Crippen LogP contribution in [0.1, 0.15) is 0 Å². The van der Waals surface area contributed by atoms with Crippen LogP contribution in [0.5, 0.6) is 11.5 Å². The summed E-state index contributed by atoms with van der Waals surface area (Å²) >= 11 is 1.05. The van der Waals surface area contributed by atoms with Gasteiger partial charge in [-0.1, -0.05) is 0 Å². The molecular weight excluding hydrogens is 500 g/mol. The Morgan fingerprint density at radius 1 is 0.909 bits per heavy atom. The molecule has 5 N–H and O–H groups in total. The van der Waals surface area contributed by atoms with Gasteiger partial charge >= 0.3 is 5.97 Å². The third-order valence-electron chi connectivity index (χ3n) is 4.14. The van der Waals surface area contributed by atoms with Gasteiger partial charge in [0.05, 0.1) is 21.7 Å². The van der Waals surface area contributed by atoms with Gasteiger partial charge in [-0.25, -0.2) is 0 Å². The second kappa shape index (κ2) is 8.95. The quantitative estimate of drug-likeness (QED) is 0.175. The molecule has 0 bridgehead atoms. The monoisotopic (exact) mass is 514 g/mol. The van der Waals surface area contributed by atoms with Crippen LogP contribution in [0.4, 0.5) is 11.4 Å². The maximum Gasteiger partial charge on any atom is 0.313 e. The van der Waals surface area contributed by atoms with Crippen molar-refractivity contribution >= 4 is 60.1 Å². The van der Waals surface area contributed by atoms with E-state index >= 15 is 0 Å². The van der Waals surface area contributed by atoms with Crippen molar-refractivity contribution in [3.05, 3.63) is 42.5 Å². The fourth-order valence-corrected chi connectivity index (χ4v) is 4.56. The van der Waals surface area contributed by atoms with Gasteiger partial charge in [0.2, 0.25) is 0 Å². The van der Waals surface area contributed by atoms with Crippen molar-refractivity contribution in [1.82, 2.24) is 0 Å². The number of thioether (sulfide) groups is 1. The summed E-state index contributed by atoms with van der Waals surface area (Å²) in [4.78, 5) is 9.53. The number of hydrogen-bond donors (Lipinski definition) is 5. The van der Waals surface area contributed by atoms with Crippen molar-refractivity contribution in [3.8, 4) is 11.5 Å². The Bertz CT molecular complexity index is 1500. The first-order valence-corrected chi connectivity index (χ1v) is 12.5. The van der Waals surface area contributed by atoms with E-state index in [9.17, 15) is 40.9 Å². The van der Waals surface area contributed by atoms with E-state index in [1.165, 1.54) is 24.3 Å². The van der Waals surface area contributed by atoms with E-state index in [1.807, 2.05) is 0 Å². The summed E-state index contributed by atoms with van der Waals surface area (Å²) in [6.45, 7) is 0. The van der Waals surface area contributed by atoms with E-state index in [1.54, 1.807) is 0 Å². The van der Waals surface area contributed by atoms with Gasteiger partial charge in [-0.15, -0.1) is 16.9 Å². The lowest BCUT2D eigenvalue weighted by molar-refractivity contribution is -0.133. The lowest BCUT2D eigenvalue weighted by Crippen LogP contribution is -2.01. The molecule has 0 aromatic heterocycles. The molecule has 0 heterocycles. The number of hydrogen-bond acceptors (Lipinski definition) is 10. The van der Waals surface area contributed by atoms with Crippen molar-refractivity contribution in [2.75, 3.05) is 5.75 Å². The lowest BCUT2D eigenvalue weighted by Gasteiger charge is -2.11. The summed E-state index contributed by atoms with van der Waals surface area (Å²) in [6.07, 6.45) is 0. The predicted molar refractivity (Wildman–Crippen MR) is 116 cm³/mol. The van der Waals surface area contributed by atoms with E-state index in [-0.39, 0.29) is 16.8 Å². The topological polar surface area (TPSA) is 211 Å². The number of carboxylic acid groups (broad SMARTS) is 1. The Kier molecular flexibility index (Phi) is 6.62. The van der Waals surface area contributed by atoms with Gasteiger partial charge < -0.3 is 15.3 Å². The standard InChI is InChI=1S/C18H14N2O10S3/c21-13-7-12(32(25,26)27)5-9-6-14(33(28,29)30)17(18(24)16(9)13)20-19-10-1-3-11(4-2-10)31-8-15(22)23/h1-7,21,24H,8H2,(H,22,23)(H,25,26,27)(H,28,29,30). The Morgan fingerprint density at radius 2 is 1.55 bits per heavy atom. The van der Waals surface area contributed by atoms with Crippen molar-refractivity contribution in [2.24, 2.45) is 10.2 Å². The van der Waals surface area contributed by atoms with Crippen LogP contribution in [-0.2, 0) is 25.0 Å². The molecular formula is C18H14N2O10S3. The van der Waals surface area contributed by atoms with E-state index in [2.05, 4.69) is 10.2 Å². The van der Waals surface area contributed by atoms with Crippen LogP contribution >= 0.6 is 11.8 Å². The zero-order valence-corrected chi connectivity index (χ0v) is 18.6.